The molecular weight excluding hydrogens is 244 g/mol. The van der Waals surface area contributed by atoms with Crippen molar-refractivity contribution in [1.29, 1.82) is 0 Å². The van der Waals surface area contributed by atoms with Crippen molar-refractivity contribution in [2.45, 2.75) is 6.42 Å². The molecule has 0 radical (unpaired) electrons. The Morgan fingerprint density at radius 3 is 2.58 bits per heavy atom. The Labute approximate surface area is 107 Å². The van der Waals surface area contributed by atoms with Gasteiger partial charge in [0, 0.05) is 5.56 Å². The van der Waals surface area contributed by atoms with Crippen LogP contribution in [0.2, 0.25) is 0 Å². The zero-order valence-corrected chi connectivity index (χ0v) is 9.92. The molecule has 0 saturated heterocycles. The Morgan fingerprint density at radius 2 is 1.79 bits per heavy atom. The molecule has 4 nitrogen and oxygen atoms in total. The number of benzene rings is 2. The van der Waals surface area contributed by atoms with Gasteiger partial charge in [-0.3, -0.25) is 9.59 Å². The van der Waals surface area contributed by atoms with E-state index in [9.17, 15) is 9.59 Å². The predicted octanol–water partition coefficient (Wildman–Crippen LogP) is 2.57. The molecule has 0 aliphatic carbocycles. The van der Waals surface area contributed by atoms with Crippen molar-refractivity contribution in [3.8, 4) is 0 Å². The van der Waals surface area contributed by atoms with Crippen LogP contribution in [0.25, 0.3) is 21.9 Å². The average molecular weight is 254 g/mol. The van der Waals surface area contributed by atoms with Crippen molar-refractivity contribution < 1.29 is 14.3 Å². The van der Waals surface area contributed by atoms with Gasteiger partial charge in [-0.05, 0) is 18.2 Å². The van der Waals surface area contributed by atoms with E-state index in [1.54, 1.807) is 42.5 Å². The fourth-order valence-electron chi connectivity index (χ4n) is 2.18. The van der Waals surface area contributed by atoms with E-state index in [2.05, 4.69) is 0 Å². The summed E-state index contributed by atoms with van der Waals surface area (Å²) in [7, 11) is 0. The third-order valence-electron chi connectivity index (χ3n) is 3.03. The second-order valence-corrected chi connectivity index (χ2v) is 4.29. The molecule has 19 heavy (non-hydrogen) atoms. The van der Waals surface area contributed by atoms with Crippen LogP contribution in [0.15, 0.2) is 51.7 Å². The normalized spacial score (nSPS) is 10.9. The summed E-state index contributed by atoms with van der Waals surface area (Å²) in [6.45, 7) is 0. The number of carboxylic acids is 1. The quantitative estimate of drug-likeness (QED) is 0.714. The zero-order chi connectivity index (χ0) is 13.4. The van der Waals surface area contributed by atoms with Gasteiger partial charge in [-0.2, -0.15) is 0 Å². The maximum absolute atomic E-state index is 12.3. The van der Waals surface area contributed by atoms with Gasteiger partial charge in [0.2, 0.25) is 5.43 Å². The van der Waals surface area contributed by atoms with Crippen LogP contribution in [0.1, 0.15) is 5.56 Å². The highest BCUT2D eigenvalue weighted by atomic mass is 16.4. The maximum Gasteiger partial charge on any atom is 0.307 e. The SMILES string of the molecule is O=C(O)Cc1cccc2c(=O)c3ccccc3oc12. The number of carbonyl (C=O) groups is 1. The molecule has 1 N–H and O–H groups in total. The summed E-state index contributed by atoms with van der Waals surface area (Å²) < 4.78 is 5.70. The maximum atomic E-state index is 12.3. The van der Waals surface area contributed by atoms with Crippen LogP contribution in [-0.4, -0.2) is 11.1 Å². The van der Waals surface area contributed by atoms with Crippen LogP contribution < -0.4 is 5.43 Å². The van der Waals surface area contributed by atoms with E-state index in [1.807, 2.05) is 0 Å². The lowest BCUT2D eigenvalue weighted by Crippen LogP contribution is -2.05. The highest BCUT2D eigenvalue weighted by molar-refractivity contribution is 5.92. The second kappa shape index (κ2) is 4.24. The van der Waals surface area contributed by atoms with Gasteiger partial charge in [-0.1, -0.05) is 24.3 Å². The minimum atomic E-state index is -0.955. The first kappa shape index (κ1) is 11.5. The van der Waals surface area contributed by atoms with Crippen LogP contribution in [0.5, 0.6) is 0 Å². The first-order chi connectivity index (χ1) is 9.16. The standard InChI is InChI=1S/C15H10O4/c16-13(17)8-9-4-3-6-11-14(18)10-5-1-2-7-12(10)19-15(9)11/h1-7H,8H2,(H,16,17). The molecule has 1 aromatic heterocycles. The van der Waals surface area contributed by atoms with Gasteiger partial charge in [0.1, 0.15) is 11.2 Å². The summed E-state index contributed by atoms with van der Waals surface area (Å²) in [5.74, 6) is -0.955. The first-order valence-electron chi connectivity index (χ1n) is 5.82. The van der Waals surface area contributed by atoms with E-state index in [0.717, 1.165) is 0 Å². The minimum absolute atomic E-state index is 0.135. The van der Waals surface area contributed by atoms with E-state index in [0.29, 0.717) is 27.5 Å². The third kappa shape index (κ3) is 1.87. The van der Waals surface area contributed by atoms with Crippen molar-refractivity contribution >= 4 is 27.9 Å². The lowest BCUT2D eigenvalue weighted by Gasteiger charge is -2.05. The lowest BCUT2D eigenvalue weighted by molar-refractivity contribution is -0.136. The molecule has 94 valence electrons. The largest absolute Gasteiger partial charge is 0.481 e. The van der Waals surface area contributed by atoms with Crippen LogP contribution in [-0.2, 0) is 11.2 Å². The molecule has 3 rings (SSSR count). The van der Waals surface area contributed by atoms with E-state index in [-0.39, 0.29) is 11.8 Å². The molecule has 0 aliphatic rings. The first-order valence-corrected chi connectivity index (χ1v) is 5.82. The van der Waals surface area contributed by atoms with Crippen LogP contribution in [0, 0.1) is 0 Å². The topological polar surface area (TPSA) is 67.5 Å². The predicted molar refractivity (Wildman–Crippen MR) is 71.3 cm³/mol. The number of hydrogen-bond donors (Lipinski definition) is 1. The summed E-state index contributed by atoms with van der Waals surface area (Å²) in [6, 6.07) is 11.9. The number of para-hydroxylation sites is 2. The molecule has 3 aromatic rings. The van der Waals surface area contributed by atoms with Gasteiger partial charge in [0.05, 0.1) is 17.2 Å². The van der Waals surface area contributed by atoms with E-state index in [4.69, 9.17) is 9.52 Å². The van der Waals surface area contributed by atoms with Crippen molar-refractivity contribution in [1.82, 2.24) is 0 Å². The smallest absolute Gasteiger partial charge is 0.307 e. The van der Waals surface area contributed by atoms with Crippen molar-refractivity contribution in [3.63, 3.8) is 0 Å². The molecule has 0 amide bonds. The van der Waals surface area contributed by atoms with Gasteiger partial charge in [-0.15, -0.1) is 0 Å². The van der Waals surface area contributed by atoms with Crippen molar-refractivity contribution in [2.24, 2.45) is 0 Å². The van der Waals surface area contributed by atoms with Crippen molar-refractivity contribution in [2.75, 3.05) is 0 Å². The fraction of sp³-hybridized carbons (Fsp3) is 0.0667. The second-order valence-electron chi connectivity index (χ2n) is 4.29. The number of fused-ring (bicyclic) bond motifs is 2. The zero-order valence-electron chi connectivity index (χ0n) is 9.92. The van der Waals surface area contributed by atoms with Crippen LogP contribution >= 0.6 is 0 Å². The molecule has 0 fully saturated rings. The Hall–Kier alpha value is -2.62. The van der Waals surface area contributed by atoms with Gasteiger partial charge in [-0.25, -0.2) is 0 Å². The fourth-order valence-corrected chi connectivity index (χ4v) is 2.18. The van der Waals surface area contributed by atoms with Gasteiger partial charge in [0.25, 0.3) is 0 Å². The number of carboxylic acid groups (broad SMARTS) is 1. The number of aliphatic carboxylic acids is 1. The van der Waals surface area contributed by atoms with E-state index >= 15 is 0 Å². The molecule has 0 atom stereocenters. The molecule has 2 aromatic carbocycles. The summed E-state index contributed by atoms with van der Waals surface area (Å²) in [5.41, 5.74) is 1.20. The van der Waals surface area contributed by atoms with Gasteiger partial charge >= 0.3 is 5.97 Å². The summed E-state index contributed by atoms with van der Waals surface area (Å²) in [6.07, 6.45) is -0.168. The summed E-state index contributed by atoms with van der Waals surface area (Å²) in [5, 5.41) is 9.81. The molecule has 0 spiro atoms. The molecule has 1 heterocycles. The van der Waals surface area contributed by atoms with Crippen LogP contribution in [0.3, 0.4) is 0 Å². The van der Waals surface area contributed by atoms with Gasteiger partial charge < -0.3 is 9.52 Å². The molecular formula is C15H10O4. The summed E-state index contributed by atoms with van der Waals surface area (Å²) >= 11 is 0. The molecule has 0 bridgehead atoms. The lowest BCUT2D eigenvalue weighted by atomic mass is 10.1. The Kier molecular flexibility index (Phi) is 2.56. The number of rotatable bonds is 2. The monoisotopic (exact) mass is 254 g/mol. The highest BCUT2D eigenvalue weighted by Crippen LogP contribution is 2.21. The Bertz CT molecular complexity index is 846. The summed E-state index contributed by atoms with van der Waals surface area (Å²) in [4.78, 5) is 23.2. The molecule has 0 saturated carbocycles. The Morgan fingerprint density at radius 1 is 1.05 bits per heavy atom. The van der Waals surface area contributed by atoms with Crippen molar-refractivity contribution in [3.05, 3.63) is 58.3 Å². The Balaban J connectivity index is 2.44. The third-order valence-corrected chi connectivity index (χ3v) is 3.03. The molecule has 4 heteroatoms. The minimum Gasteiger partial charge on any atom is -0.481 e. The number of hydrogen-bond acceptors (Lipinski definition) is 3. The van der Waals surface area contributed by atoms with Crippen LogP contribution in [0.4, 0.5) is 0 Å². The van der Waals surface area contributed by atoms with E-state index in [1.165, 1.54) is 0 Å². The average Bonchev–Trinajstić information content (AvgIpc) is 2.40. The van der Waals surface area contributed by atoms with E-state index < -0.39 is 5.97 Å². The molecule has 0 unspecified atom stereocenters. The molecule has 0 aliphatic heterocycles. The van der Waals surface area contributed by atoms with Gasteiger partial charge in [0.15, 0.2) is 0 Å². The highest BCUT2D eigenvalue weighted by Gasteiger charge is 2.12.